The summed E-state index contributed by atoms with van der Waals surface area (Å²) in [5.41, 5.74) is -1.18. The van der Waals surface area contributed by atoms with Crippen molar-refractivity contribution in [1.29, 1.82) is 0 Å². The van der Waals surface area contributed by atoms with Crippen molar-refractivity contribution in [3.8, 4) is 0 Å². The lowest BCUT2D eigenvalue weighted by atomic mass is 10.2. The highest BCUT2D eigenvalue weighted by molar-refractivity contribution is 5.78. The zero-order valence-electron chi connectivity index (χ0n) is 20.1. The second kappa shape index (κ2) is 13.7. The number of carbonyl (C=O) groups is 4. The number of rotatable bonds is 11. The maximum Gasteiger partial charge on any atom is 0.407 e. The molecule has 0 aliphatic carbocycles. The topological polar surface area (TPSA) is 126 Å². The molecule has 0 aliphatic heterocycles. The Hall–Kier alpha value is -2.52. The van der Waals surface area contributed by atoms with Crippen LogP contribution in [0, 0.1) is 0 Å². The van der Waals surface area contributed by atoms with E-state index < -0.39 is 23.4 Å². The Kier molecular flexibility index (Phi) is 12.6. The van der Waals surface area contributed by atoms with Crippen LogP contribution in [0.2, 0.25) is 0 Å². The highest BCUT2D eigenvalue weighted by Gasteiger charge is 2.18. The first kappa shape index (κ1) is 28.5. The molecule has 0 spiro atoms. The predicted molar refractivity (Wildman–Crippen MR) is 118 cm³/mol. The summed E-state index contributed by atoms with van der Waals surface area (Å²) in [5, 5.41) is 7.82. The summed E-state index contributed by atoms with van der Waals surface area (Å²) in [6, 6.07) is 0. The van der Waals surface area contributed by atoms with Gasteiger partial charge in [-0.1, -0.05) is 0 Å². The monoisotopic (exact) mass is 444 g/mol. The van der Waals surface area contributed by atoms with Crippen molar-refractivity contribution in [2.45, 2.75) is 78.4 Å². The van der Waals surface area contributed by atoms with Gasteiger partial charge in [-0.2, -0.15) is 0 Å². The molecule has 0 heterocycles. The molecule has 0 aromatic rings. The van der Waals surface area contributed by atoms with Gasteiger partial charge in [-0.05, 0) is 54.4 Å². The van der Waals surface area contributed by atoms with Crippen LogP contribution in [0.5, 0.6) is 0 Å². The smallest absolute Gasteiger partial charge is 0.407 e. The van der Waals surface area contributed by atoms with Crippen LogP contribution >= 0.6 is 0 Å². The molecule has 0 aromatic carbocycles. The highest BCUT2D eigenvalue weighted by Crippen LogP contribution is 2.07. The molecule has 180 valence electrons. The largest absolute Gasteiger partial charge is 0.444 e. The Morgan fingerprint density at radius 1 is 0.742 bits per heavy atom. The molecule has 10 nitrogen and oxygen atoms in total. The average Bonchev–Trinajstić information content (AvgIpc) is 2.60. The van der Waals surface area contributed by atoms with E-state index in [-0.39, 0.29) is 31.2 Å². The maximum absolute atomic E-state index is 12.6. The lowest BCUT2D eigenvalue weighted by Crippen LogP contribution is -2.41. The Morgan fingerprint density at radius 2 is 1.26 bits per heavy atom. The minimum atomic E-state index is -0.604. The van der Waals surface area contributed by atoms with Gasteiger partial charge in [-0.25, -0.2) is 9.59 Å². The second-order valence-corrected chi connectivity index (χ2v) is 9.12. The van der Waals surface area contributed by atoms with Crippen LogP contribution in [0.3, 0.4) is 0 Å². The van der Waals surface area contributed by atoms with Gasteiger partial charge in [-0.3, -0.25) is 9.59 Å². The van der Waals surface area contributed by atoms with Crippen molar-refractivity contribution in [3.05, 3.63) is 0 Å². The molecule has 4 amide bonds. The van der Waals surface area contributed by atoms with Crippen LogP contribution < -0.4 is 16.0 Å². The van der Waals surface area contributed by atoms with Gasteiger partial charge < -0.3 is 30.3 Å². The number of ether oxygens (including phenoxy) is 2. The van der Waals surface area contributed by atoms with Crippen molar-refractivity contribution < 1.29 is 28.7 Å². The standard InChI is InChI=1S/C21H40N4O6/c1-20(2,3)30-18(28)23-12-9-14-25(17(27)11-8-10-16(26)22-7)15-13-24-19(29)31-21(4,5)6/h8-15H2,1-7H3,(H,22,26)(H,23,28)(H,24,29). The first-order valence-corrected chi connectivity index (χ1v) is 10.7. The summed E-state index contributed by atoms with van der Waals surface area (Å²) in [5.74, 6) is -0.236. The van der Waals surface area contributed by atoms with Crippen molar-refractivity contribution in [2.75, 3.05) is 33.2 Å². The van der Waals surface area contributed by atoms with Gasteiger partial charge in [0.1, 0.15) is 11.2 Å². The first-order chi connectivity index (χ1) is 14.2. The quantitative estimate of drug-likeness (QED) is 0.419. The molecule has 0 saturated carbocycles. The molecule has 0 bridgehead atoms. The van der Waals surface area contributed by atoms with Crippen LogP contribution in [-0.2, 0) is 19.1 Å². The lowest BCUT2D eigenvalue weighted by Gasteiger charge is -2.24. The van der Waals surface area contributed by atoms with Crippen LogP contribution in [0.4, 0.5) is 9.59 Å². The van der Waals surface area contributed by atoms with E-state index in [1.54, 1.807) is 53.5 Å². The van der Waals surface area contributed by atoms with E-state index in [1.165, 1.54) is 0 Å². The number of hydrogen-bond acceptors (Lipinski definition) is 6. The molecule has 0 radical (unpaired) electrons. The van der Waals surface area contributed by atoms with Crippen molar-refractivity contribution >= 4 is 24.0 Å². The van der Waals surface area contributed by atoms with Gasteiger partial charge in [0.25, 0.3) is 0 Å². The molecule has 0 aromatic heterocycles. The fourth-order valence-corrected chi connectivity index (χ4v) is 2.43. The number of carbonyl (C=O) groups excluding carboxylic acids is 4. The van der Waals surface area contributed by atoms with E-state index >= 15 is 0 Å². The molecule has 0 fully saturated rings. The SMILES string of the molecule is CNC(=O)CCCC(=O)N(CCCNC(=O)OC(C)(C)C)CCNC(=O)OC(C)(C)C. The van der Waals surface area contributed by atoms with Crippen LogP contribution in [0.1, 0.15) is 67.2 Å². The molecule has 0 unspecified atom stereocenters. The van der Waals surface area contributed by atoms with Gasteiger partial charge in [0, 0.05) is 46.1 Å². The third-order valence-electron chi connectivity index (χ3n) is 3.75. The summed E-state index contributed by atoms with van der Waals surface area (Å²) >= 11 is 0. The third kappa shape index (κ3) is 16.9. The zero-order valence-corrected chi connectivity index (χ0v) is 20.1. The minimum absolute atomic E-state index is 0.118. The molecule has 0 rings (SSSR count). The van der Waals surface area contributed by atoms with Crippen molar-refractivity contribution in [1.82, 2.24) is 20.9 Å². The summed E-state index contributed by atoms with van der Waals surface area (Å²) in [6.07, 6.45) is 0.386. The van der Waals surface area contributed by atoms with Crippen LogP contribution in [0.25, 0.3) is 0 Å². The molecule has 10 heteroatoms. The van der Waals surface area contributed by atoms with E-state index in [4.69, 9.17) is 9.47 Å². The minimum Gasteiger partial charge on any atom is -0.444 e. The van der Waals surface area contributed by atoms with Gasteiger partial charge >= 0.3 is 12.2 Å². The van der Waals surface area contributed by atoms with E-state index in [0.717, 1.165) is 0 Å². The number of nitrogens with one attached hydrogen (secondary N) is 3. The van der Waals surface area contributed by atoms with Crippen molar-refractivity contribution in [2.24, 2.45) is 0 Å². The van der Waals surface area contributed by atoms with Gasteiger partial charge in [-0.15, -0.1) is 0 Å². The lowest BCUT2D eigenvalue weighted by molar-refractivity contribution is -0.131. The number of nitrogens with zero attached hydrogens (tertiary/aromatic N) is 1. The van der Waals surface area contributed by atoms with E-state index in [0.29, 0.717) is 32.5 Å². The van der Waals surface area contributed by atoms with E-state index in [9.17, 15) is 19.2 Å². The summed E-state index contributed by atoms with van der Waals surface area (Å²) in [7, 11) is 1.55. The molecule has 0 saturated heterocycles. The number of alkyl carbamates (subject to hydrolysis) is 2. The number of amides is 4. The van der Waals surface area contributed by atoms with Crippen molar-refractivity contribution in [3.63, 3.8) is 0 Å². The molecule has 0 aliphatic rings. The molecule has 31 heavy (non-hydrogen) atoms. The van der Waals surface area contributed by atoms with E-state index in [2.05, 4.69) is 16.0 Å². The Labute approximate surface area is 185 Å². The zero-order chi connectivity index (χ0) is 24.1. The second-order valence-electron chi connectivity index (χ2n) is 9.12. The maximum atomic E-state index is 12.6. The molecule has 3 N–H and O–H groups in total. The predicted octanol–water partition coefficient (Wildman–Crippen LogP) is 2.17. The van der Waals surface area contributed by atoms with Gasteiger partial charge in [0.15, 0.2) is 0 Å². The molecular formula is C21H40N4O6. The first-order valence-electron chi connectivity index (χ1n) is 10.7. The van der Waals surface area contributed by atoms with Gasteiger partial charge in [0.2, 0.25) is 11.8 Å². The number of hydrogen-bond donors (Lipinski definition) is 3. The van der Waals surface area contributed by atoms with Crippen LogP contribution in [-0.4, -0.2) is 73.3 Å². The molecule has 0 atom stereocenters. The molecular weight excluding hydrogens is 404 g/mol. The summed E-state index contributed by atoms with van der Waals surface area (Å²) < 4.78 is 10.4. The van der Waals surface area contributed by atoms with E-state index in [1.807, 2.05) is 0 Å². The summed E-state index contributed by atoms with van der Waals surface area (Å²) in [6.45, 7) is 11.9. The fraction of sp³-hybridized carbons (Fsp3) is 0.810. The van der Waals surface area contributed by atoms with Crippen LogP contribution in [0.15, 0.2) is 0 Å². The Balaban J connectivity index is 4.57. The fourth-order valence-electron chi connectivity index (χ4n) is 2.43. The Bertz CT molecular complexity index is 596. The Morgan fingerprint density at radius 3 is 1.74 bits per heavy atom. The summed E-state index contributed by atoms with van der Waals surface area (Å²) in [4.78, 5) is 49.0. The third-order valence-corrected chi connectivity index (χ3v) is 3.75. The average molecular weight is 445 g/mol. The normalized spacial score (nSPS) is 11.3. The highest BCUT2D eigenvalue weighted by atomic mass is 16.6. The van der Waals surface area contributed by atoms with Gasteiger partial charge in [0.05, 0.1) is 0 Å².